The number of hydrogen-bond donors (Lipinski definition) is 5. The molecule has 0 aliphatic heterocycles. The minimum Gasteiger partial charge on any atom is -0.475 e. The van der Waals surface area contributed by atoms with E-state index < -0.39 is 18.2 Å². The number of aliphatic carboxylic acids is 1. The second-order valence-electron chi connectivity index (χ2n) is 9.82. The molecule has 2 aromatic carbocycles. The van der Waals surface area contributed by atoms with Crippen molar-refractivity contribution < 1.29 is 32.7 Å². The third-order valence-corrected chi connectivity index (χ3v) is 7.37. The van der Waals surface area contributed by atoms with Crippen LogP contribution in [0.2, 0.25) is 5.02 Å². The fourth-order valence-electron chi connectivity index (χ4n) is 4.61. The lowest BCUT2D eigenvalue weighted by Crippen LogP contribution is -2.48. The molecular weight excluding hydrogens is 549 g/mol. The van der Waals surface area contributed by atoms with Gasteiger partial charge < -0.3 is 26.5 Å². The predicted molar refractivity (Wildman–Crippen MR) is 147 cm³/mol. The molecule has 1 aromatic heterocycles. The van der Waals surface area contributed by atoms with Crippen molar-refractivity contribution >= 4 is 46.0 Å². The first kappa shape index (κ1) is 31.0. The Bertz CT molecular complexity index is 1320. The van der Waals surface area contributed by atoms with Gasteiger partial charge in [0.25, 0.3) is 0 Å². The molecule has 0 radical (unpaired) electrons. The Hall–Kier alpha value is -3.57. The molecule has 1 heterocycles. The molecule has 1 fully saturated rings. The van der Waals surface area contributed by atoms with Crippen molar-refractivity contribution in [1.29, 1.82) is 0 Å². The number of fused-ring (bicyclic) bond motifs is 1. The van der Waals surface area contributed by atoms with E-state index in [1.807, 2.05) is 55.5 Å². The van der Waals surface area contributed by atoms with E-state index >= 15 is 0 Å². The van der Waals surface area contributed by atoms with Crippen LogP contribution in [0.3, 0.4) is 0 Å². The molecule has 8 nitrogen and oxygen atoms in total. The number of anilines is 1. The zero-order chi connectivity index (χ0) is 29.4. The molecule has 1 aliphatic carbocycles. The molecule has 1 atom stereocenters. The normalized spacial score (nSPS) is 17.9. The van der Waals surface area contributed by atoms with E-state index in [-0.39, 0.29) is 17.7 Å². The Morgan fingerprint density at radius 2 is 1.73 bits per heavy atom. The Labute approximate surface area is 234 Å². The number of nitrogens with two attached hydrogens (primary N) is 1. The highest BCUT2D eigenvalue weighted by molar-refractivity contribution is 6.36. The maximum atomic E-state index is 13.3. The fourth-order valence-corrected chi connectivity index (χ4v) is 4.83. The van der Waals surface area contributed by atoms with Gasteiger partial charge in [0.05, 0.1) is 5.02 Å². The number of aromatic amines is 1. The molecular formula is C28H32ClF3N4O4. The largest absolute Gasteiger partial charge is 0.490 e. The highest BCUT2D eigenvalue weighted by atomic mass is 35.5. The highest BCUT2D eigenvalue weighted by Crippen LogP contribution is 2.30. The molecule has 4 rings (SSSR count). The number of amides is 2. The number of carbonyl (C=O) groups excluding carboxylic acids is 2. The van der Waals surface area contributed by atoms with E-state index in [1.54, 1.807) is 0 Å². The first-order valence-corrected chi connectivity index (χ1v) is 13.2. The highest BCUT2D eigenvalue weighted by Gasteiger charge is 2.38. The van der Waals surface area contributed by atoms with Crippen molar-refractivity contribution in [2.75, 3.05) is 11.9 Å². The van der Waals surface area contributed by atoms with Gasteiger partial charge in [-0.15, -0.1) is 0 Å². The number of nitrogens with one attached hydrogen (secondary N) is 3. The van der Waals surface area contributed by atoms with Crippen LogP contribution in [0.1, 0.15) is 36.9 Å². The third-order valence-electron chi connectivity index (χ3n) is 6.88. The van der Waals surface area contributed by atoms with Crippen molar-refractivity contribution in [3.63, 3.8) is 0 Å². The number of carbonyl (C=O) groups is 3. The quantitative estimate of drug-likeness (QED) is 0.262. The van der Waals surface area contributed by atoms with Gasteiger partial charge in [0.15, 0.2) is 0 Å². The Balaban J connectivity index is 0.000000559. The van der Waals surface area contributed by atoms with Crippen LogP contribution in [0.15, 0.2) is 48.5 Å². The number of benzene rings is 2. The van der Waals surface area contributed by atoms with Crippen molar-refractivity contribution in [2.45, 2.75) is 51.2 Å². The van der Waals surface area contributed by atoms with E-state index in [9.17, 15) is 22.8 Å². The number of alkyl halides is 3. The van der Waals surface area contributed by atoms with Gasteiger partial charge in [-0.05, 0) is 68.8 Å². The van der Waals surface area contributed by atoms with Crippen molar-refractivity contribution in [3.8, 4) is 0 Å². The predicted octanol–water partition coefficient (Wildman–Crippen LogP) is 5.19. The topological polar surface area (TPSA) is 137 Å². The van der Waals surface area contributed by atoms with Crippen LogP contribution in [-0.4, -0.2) is 46.6 Å². The average molecular weight is 581 g/mol. The zero-order valence-electron chi connectivity index (χ0n) is 21.9. The van der Waals surface area contributed by atoms with E-state index in [1.165, 1.54) is 0 Å². The molecule has 2 amide bonds. The van der Waals surface area contributed by atoms with Gasteiger partial charge in [0.1, 0.15) is 6.04 Å². The molecule has 0 saturated heterocycles. The smallest absolute Gasteiger partial charge is 0.475 e. The summed E-state index contributed by atoms with van der Waals surface area (Å²) in [6.07, 6.45) is -1.11. The Morgan fingerprint density at radius 1 is 1.10 bits per heavy atom. The summed E-state index contributed by atoms with van der Waals surface area (Å²) in [7, 11) is 0. The number of rotatable bonds is 7. The standard InChI is InChI=1S/C26H31ClN4O2.C2HF3O2/c1-16-24(27)21-12-11-20(14-22(21)29-16)30-26(33)23(13-17-5-3-2-4-6-17)31-25(32)19-9-7-18(15-28)8-10-19;3-2(4,5)1(6)7/h2-6,11-12,14,18-19,23,29H,7-10,13,15,28H2,1H3,(H,30,33)(H,31,32);(H,6,7)/t18?,19?,23-;/m1./s1. The summed E-state index contributed by atoms with van der Waals surface area (Å²) in [6.45, 7) is 2.58. The number of H-pyrrole nitrogens is 1. The number of halogens is 4. The summed E-state index contributed by atoms with van der Waals surface area (Å²) in [5.41, 5.74) is 9.17. The lowest BCUT2D eigenvalue weighted by atomic mass is 9.81. The van der Waals surface area contributed by atoms with E-state index in [0.29, 0.717) is 29.6 Å². The van der Waals surface area contributed by atoms with Crippen LogP contribution in [-0.2, 0) is 20.8 Å². The summed E-state index contributed by atoms with van der Waals surface area (Å²) >= 11 is 6.32. The molecule has 12 heteroatoms. The van der Waals surface area contributed by atoms with Crippen LogP contribution in [0.25, 0.3) is 10.9 Å². The SMILES string of the molecule is Cc1[nH]c2cc(NC(=O)[C@@H](Cc3ccccc3)NC(=O)C3CCC(CN)CC3)ccc2c1Cl.O=C(O)C(F)(F)F. The van der Waals surface area contributed by atoms with Crippen LogP contribution in [0.4, 0.5) is 18.9 Å². The molecule has 1 aliphatic rings. The van der Waals surface area contributed by atoms with Gasteiger partial charge in [0, 0.05) is 34.6 Å². The number of carboxylic acid groups (broad SMARTS) is 1. The second-order valence-corrected chi connectivity index (χ2v) is 10.2. The molecule has 0 unspecified atom stereocenters. The average Bonchev–Trinajstić information content (AvgIpc) is 3.21. The number of aromatic nitrogens is 1. The number of aryl methyl sites for hydroxylation is 1. The van der Waals surface area contributed by atoms with Crippen LogP contribution in [0.5, 0.6) is 0 Å². The monoisotopic (exact) mass is 580 g/mol. The van der Waals surface area contributed by atoms with Crippen molar-refractivity contribution in [1.82, 2.24) is 10.3 Å². The minimum atomic E-state index is -5.08. The lowest BCUT2D eigenvalue weighted by molar-refractivity contribution is -0.192. The minimum absolute atomic E-state index is 0.0521. The molecule has 1 saturated carbocycles. The second kappa shape index (κ2) is 13.7. The first-order chi connectivity index (χ1) is 18.9. The molecule has 40 heavy (non-hydrogen) atoms. The van der Waals surface area contributed by atoms with Crippen LogP contribution < -0.4 is 16.4 Å². The van der Waals surface area contributed by atoms with Gasteiger partial charge in [-0.25, -0.2) is 4.79 Å². The maximum Gasteiger partial charge on any atom is 0.490 e. The van der Waals surface area contributed by atoms with Gasteiger partial charge in [0.2, 0.25) is 11.8 Å². The van der Waals surface area contributed by atoms with E-state index in [2.05, 4.69) is 15.6 Å². The summed E-state index contributed by atoms with van der Waals surface area (Å²) in [5, 5.41) is 14.7. The Morgan fingerprint density at radius 3 is 2.30 bits per heavy atom. The molecule has 216 valence electrons. The van der Waals surface area contributed by atoms with Crippen molar-refractivity contribution in [3.05, 3.63) is 64.8 Å². The maximum absolute atomic E-state index is 13.3. The zero-order valence-corrected chi connectivity index (χ0v) is 22.6. The van der Waals surface area contributed by atoms with Crippen LogP contribution >= 0.6 is 11.6 Å². The van der Waals surface area contributed by atoms with Crippen molar-refractivity contribution in [2.24, 2.45) is 17.6 Å². The molecule has 6 N–H and O–H groups in total. The lowest BCUT2D eigenvalue weighted by Gasteiger charge is -2.28. The fraction of sp³-hybridized carbons (Fsp3) is 0.393. The molecule has 0 spiro atoms. The van der Waals surface area contributed by atoms with E-state index in [0.717, 1.165) is 47.8 Å². The molecule has 0 bridgehead atoms. The van der Waals surface area contributed by atoms with Gasteiger partial charge >= 0.3 is 12.1 Å². The van der Waals surface area contributed by atoms with E-state index in [4.69, 9.17) is 27.2 Å². The molecule has 3 aromatic rings. The summed E-state index contributed by atoms with van der Waals surface area (Å²) in [4.78, 5) is 38.4. The third kappa shape index (κ3) is 8.46. The summed E-state index contributed by atoms with van der Waals surface area (Å²) in [5.74, 6) is -2.62. The van der Waals surface area contributed by atoms with Gasteiger partial charge in [-0.3, -0.25) is 9.59 Å². The first-order valence-electron chi connectivity index (χ1n) is 12.8. The van der Waals surface area contributed by atoms with Gasteiger partial charge in [-0.2, -0.15) is 13.2 Å². The number of carboxylic acids is 1. The summed E-state index contributed by atoms with van der Waals surface area (Å²) < 4.78 is 31.7. The summed E-state index contributed by atoms with van der Waals surface area (Å²) in [6, 6.07) is 14.6. The number of hydrogen-bond acceptors (Lipinski definition) is 4. The van der Waals surface area contributed by atoms with Gasteiger partial charge in [-0.1, -0.05) is 41.9 Å². The Kier molecular flexibility index (Phi) is 10.6. The van der Waals surface area contributed by atoms with Crippen LogP contribution in [0, 0.1) is 18.8 Å².